The van der Waals surface area contributed by atoms with Gasteiger partial charge < -0.3 is 14.6 Å². The van der Waals surface area contributed by atoms with Crippen molar-refractivity contribution in [1.82, 2.24) is 15.1 Å². The molecule has 0 fully saturated rings. The van der Waals surface area contributed by atoms with E-state index in [1.54, 1.807) is 0 Å². The van der Waals surface area contributed by atoms with E-state index in [1.807, 2.05) is 0 Å². The number of likely N-dealkylation sites (N-methyl/N-ethyl adjacent to an activating group) is 1. The van der Waals surface area contributed by atoms with E-state index in [2.05, 4.69) is 63.0 Å². The van der Waals surface area contributed by atoms with Crippen LogP contribution in [0.3, 0.4) is 0 Å². The Balaban J connectivity index is 2.59. The number of nitrogens with zero attached hydrogens (tertiary/aromatic N) is 2. The van der Waals surface area contributed by atoms with Crippen LogP contribution in [0.2, 0.25) is 0 Å². The Kier molecular flexibility index (Phi) is 8.01. The largest absolute Gasteiger partial charge is 0.465 e. The van der Waals surface area contributed by atoms with Crippen molar-refractivity contribution < 1.29 is 4.42 Å². The number of aryl methyl sites for hydroxylation is 1. The third-order valence-corrected chi connectivity index (χ3v) is 3.56. The number of furan rings is 1. The summed E-state index contributed by atoms with van der Waals surface area (Å²) in [5.41, 5.74) is 1.28. The molecule has 0 bridgehead atoms. The number of rotatable bonds is 10. The molecule has 0 aliphatic heterocycles. The Hall–Kier alpha value is -0.840. The summed E-state index contributed by atoms with van der Waals surface area (Å²) in [5, 5.41) is 3.45. The van der Waals surface area contributed by atoms with E-state index in [-0.39, 0.29) is 0 Å². The molecule has 4 nitrogen and oxygen atoms in total. The van der Waals surface area contributed by atoms with E-state index in [0.29, 0.717) is 6.04 Å². The molecule has 0 spiro atoms. The van der Waals surface area contributed by atoms with Crippen molar-refractivity contribution in [2.45, 2.75) is 53.2 Å². The summed E-state index contributed by atoms with van der Waals surface area (Å²) >= 11 is 0. The highest BCUT2D eigenvalue weighted by Crippen LogP contribution is 2.16. The molecule has 21 heavy (non-hydrogen) atoms. The fourth-order valence-corrected chi connectivity index (χ4v) is 2.30. The van der Waals surface area contributed by atoms with Gasteiger partial charge in [0, 0.05) is 31.2 Å². The maximum Gasteiger partial charge on any atom is 0.118 e. The quantitative estimate of drug-likeness (QED) is 0.719. The van der Waals surface area contributed by atoms with Crippen LogP contribution in [-0.4, -0.2) is 49.6 Å². The Morgan fingerprint density at radius 2 is 1.90 bits per heavy atom. The van der Waals surface area contributed by atoms with Crippen LogP contribution in [0.1, 0.15) is 44.3 Å². The predicted molar refractivity (Wildman–Crippen MR) is 89.5 cm³/mol. The van der Waals surface area contributed by atoms with Crippen LogP contribution in [0.5, 0.6) is 0 Å². The van der Waals surface area contributed by atoms with Crippen molar-refractivity contribution in [3.63, 3.8) is 0 Å². The molecule has 1 aromatic heterocycles. The highest BCUT2D eigenvalue weighted by molar-refractivity contribution is 5.20. The zero-order valence-corrected chi connectivity index (χ0v) is 14.7. The first kappa shape index (κ1) is 18.2. The minimum Gasteiger partial charge on any atom is -0.465 e. The number of nitrogens with one attached hydrogen (secondary N) is 1. The Bertz CT molecular complexity index is 399. The first-order valence-corrected chi connectivity index (χ1v) is 8.11. The lowest BCUT2D eigenvalue weighted by atomic mass is 10.2. The SMILES string of the molecule is CCCN(CCN(C)C)Cc1cc(CNC(C)C)c(C)o1. The van der Waals surface area contributed by atoms with E-state index in [0.717, 1.165) is 44.2 Å². The summed E-state index contributed by atoms with van der Waals surface area (Å²) in [6.07, 6.45) is 1.18. The molecule has 0 aromatic carbocycles. The molecule has 1 heterocycles. The lowest BCUT2D eigenvalue weighted by Gasteiger charge is -2.22. The topological polar surface area (TPSA) is 31.6 Å². The van der Waals surface area contributed by atoms with Crippen molar-refractivity contribution in [2.75, 3.05) is 33.7 Å². The standard InChI is InChI=1S/C17H33N3O/c1-7-8-20(10-9-19(5)6)13-17-11-16(15(4)21-17)12-18-14(2)3/h11,14,18H,7-10,12-13H2,1-6H3. The molecule has 1 N–H and O–H groups in total. The first-order valence-electron chi connectivity index (χ1n) is 8.11. The summed E-state index contributed by atoms with van der Waals surface area (Å²) in [5.74, 6) is 2.13. The highest BCUT2D eigenvalue weighted by Gasteiger charge is 2.12. The van der Waals surface area contributed by atoms with E-state index in [9.17, 15) is 0 Å². The summed E-state index contributed by atoms with van der Waals surface area (Å²) in [4.78, 5) is 4.70. The molecule has 122 valence electrons. The van der Waals surface area contributed by atoms with Gasteiger partial charge in [0.2, 0.25) is 0 Å². The van der Waals surface area contributed by atoms with Crippen LogP contribution in [0.15, 0.2) is 10.5 Å². The molecule has 0 radical (unpaired) electrons. The molecule has 4 heteroatoms. The Morgan fingerprint density at radius 3 is 2.48 bits per heavy atom. The van der Waals surface area contributed by atoms with Gasteiger partial charge in [-0.15, -0.1) is 0 Å². The molecule has 0 saturated heterocycles. The highest BCUT2D eigenvalue weighted by atomic mass is 16.3. The van der Waals surface area contributed by atoms with Gasteiger partial charge in [-0.1, -0.05) is 20.8 Å². The number of hydrogen-bond acceptors (Lipinski definition) is 4. The fourth-order valence-electron chi connectivity index (χ4n) is 2.30. The van der Waals surface area contributed by atoms with Crippen LogP contribution in [0.4, 0.5) is 0 Å². The molecule has 0 aliphatic rings. The maximum absolute atomic E-state index is 5.94. The van der Waals surface area contributed by atoms with Crippen LogP contribution in [0, 0.1) is 6.92 Å². The maximum atomic E-state index is 5.94. The monoisotopic (exact) mass is 295 g/mol. The second-order valence-corrected chi connectivity index (χ2v) is 6.41. The second-order valence-electron chi connectivity index (χ2n) is 6.41. The minimum atomic E-state index is 0.499. The first-order chi connectivity index (χ1) is 9.92. The average molecular weight is 295 g/mol. The molecule has 0 saturated carbocycles. The van der Waals surface area contributed by atoms with Gasteiger partial charge in [-0.2, -0.15) is 0 Å². The smallest absolute Gasteiger partial charge is 0.118 e. The molecular weight excluding hydrogens is 262 g/mol. The van der Waals surface area contributed by atoms with E-state index in [1.165, 1.54) is 12.0 Å². The predicted octanol–water partition coefficient (Wildman–Crippen LogP) is 2.86. The summed E-state index contributed by atoms with van der Waals surface area (Å²) in [7, 11) is 4.24. The summed E-state index contributed by atoms with van der Waals surface area (Å²) in [6.45, 7) is 13.7. The van der Waals surface area contributed by atoms with E-state index >= 15 is 0 Å². The average Bonchev–Trinajstić information content (AvgIpc) is 2.74. The van der Waals surface area contributed by atoms with Crippen molar-refractivity contribution in [3.8, 4) is 0 Å². The lowest BCUT2D eigenvalue weighted by Crippen LogP contribution is -2.31. The second kappa shape index (κ2) is 9.23. The van der Waals surface area contributed by atoms with Gasteiger partial charge in [0.05, 0.1) is 6.54 Å². The zero-order valence-electron chi connectivity index (χ0n) is 14.7. The summed E-state index contributed by atoms with van der Waals surface area (Å²) < 4.78 is 5.94. The van der Waals surface area contributed by atoms with Gasteiger partial charge in [-0.3, -0.25) is 4.90 Å². The van der Waals surface area contributed by atoms with E-state index < -0.39 is 0 Å². The Labute approximate surface area is 130 Å². The van der Waals surface area contributed by atoms with Gasteiger partial charge in [-0.25, -0.2) is 0 Å². The van der Waals surface area contributed by atoms with Gasteiger partial charge in [0.15, 0.2) is 0 Å². The molecule has 1 aromatic rings. The van der Waals surface area contributed by atoms with Gasteiger partial charge in [-0.05, 0) is 40.1 Å². The van der Waals surface area contributed by atoms with Gasteiger partial charge in [0.1, 0.15) is 11.5 Å². The van der Waals surface area contributed by atoms with Crippen LogP contribution < -0.4 is 5.32 Å². The normalized spacial score (nSPS) is 12.0. The van der Waals surface area contributed by atoms with Gasteiger partial charge in [0.25, 0.3) is 0 Å². The lowest BCUT2D eigenvalue weighted by molar-refractivity contribution is 0.217. The third-order valence-electron chi connectivity index (χ3n) is 3.56. The molecule has 0 aliphatic carbocycles. The molecule has 1 rings (SSSR count). The minimum absolute atomic E-state index is 0.499. The fraction of sp³-hybridized carbons (Fsp3) is 0.765. The van der Waals surface area contributed by atoms with E-state index in [4.69, 9.17) is 4.42 Å². The van der Waals surface area contributed by atoms with Crippen molar-refractivity contribution in [2.24, 2.45) is 0 Å². The summed E-state index contributed by atoms with van der Waals surface area (Å²) in [6, 6.07) is 2.71. The molecular formula is C17H33N3O. The van der Waals surface area contributed by atoms with Crippen LogP contribution in [0.25, 0.3) is 0 Å². The van der Waals surface area contributed by atoms with Gasteiger partial charge >= 0.3 is 0 Å². The van der Waals surface area contributed by atoms with Crippen molar-refractivity contribution in [1.29, 1.82) is 0 Å². The van der Waals surface area contributed by atoms with Crippen molar-refractivity contribution in [3.05, 3.63) is 23.2 Å². The van der Waals surface area contributed by atoms with Crippen LogP contribution in [-0.2, 0) is 13.1 Å². The van der Waals surface area contributed by atoms with Crippen molar-refractivity contribution >= 4 is 0 Å². The molecule has 0 amide bonds. The van der Waals surface area contributed by atoms with Crippen LogP contribution >= 0.6 is 0 Å². The molecule has 0 unspecified atom stereocenters. The Morgan fingerprint density at radius 1 is 1.19 bits per heavy atom. The zero-order chi connectivity index (χ0) is 15.8. The number of hydrogen-bond donors (Lipinski definition) is 1. The molecule has 0 atom stereocenters. The third kappa shape index (κ3) is 7.11.